The van der Waals surface area contributed by atoms with Crippen molar-refractivity contribution in [2.75, 3.05) is 6.61 Å². The average molecular weight is 231 g/mol. The highest BCUT2D eigenvalue weighted by atomic mass is 16.3. The fourth-order valence-electron chi connectivity index (χ4n) is 1.81. The van der Waals surface area contributed by atoms with E-state index in [1.165, 1.54) is 11.1 Å². The Bertz CT molecular complexity index is 451. The number of nitrogens with one attached hydrogen (secondary N) is 1. The Balaban J connectivity index is 1.97. The first-order valence-corrected chi connectivity index (χ1v) is 5.73. The van der Waals surface area contributed by atoms with E-state index in [9.17, 15) is 5.11 Å². The Kier molecular flexibility index (Phi) is 3.96. The van der Waals surface area contributed by atoms with Crippen molar-refractivity contribution in [1.29, 1.82) is 0 Å². The molecule has 2 N–H and O–H groups in total. The molecule has 0 spiro atoms. The molecule has 0 radical (unpaired) electrons. The van der Waals surface area contributed by atoms with E-state index in [0.717, 1.165) is 5.76 Å². The first-order chi connectivity index (χ1) is 8.29. The minimum atomic E-state index is -0.148. The van der Waals surface area contributed by atoms with Gasteiger partial charge in [0.05, 0.1) is 18.9 Å². The van der Waals surface area contributed by atoms with Crippen molar-refractivity contribution in [3.05, 3.63) is 59.5 Å². The van der Waals surface area contributed by atoms with Crippen LogP contribution in [0.2, 0.25) is 0 Å². The zero-order valence-corrected chi connectivity index (χ0v) is 9.89. The molecule has 3 heteroatoms. The van der Waals surface area contributed by atoms with Crippen molar-refractivity contribution < 1.29 is 9.52 Å². The summed E-state index contributed by atoms with van der Waals surface area (Å²) in [4.78, 5) is 0. The van der Waals surface area contributed by atoms with Gasteiger partial charge in [-0.1, -0.05) is 29.8 Å². The molecule has 0 saturated carbocycles. The molecule has 3 nitrogen and oxygen atoms in total. The molecule has 0 aliphatic rings. The molecule has 0 aliphatic heterocycles. The second-order valence-corrected chi connectivity index (χ2v) is 4.12. The Morgan fingerprint density at radius 1 is 1.29 bits per heavy atom. The monoisotopic (exact) mass is 231 g/mol. The maximum Gasteiger partial charge on any atom is 0.123 e. The highest BCUT2D eigenvalue weighted by molar-refractivity contribution is 5.22. The molecule has 2 aromatic rings. The van der Waals surface area contributed by atoms with Crippen LogP contribution in [0, 0.1) is 6.92 Å². The SMILES string of the molecule is Cc1cccc(CNC(CO)c2ccco2)c1. The average Bonchev–Trinajstić information content (AvgIpc) is 2.84. The van der Waals surface area contributed by atoms with Gasteiger partial charge in [0.25, 0.3) is 0 Å². The summed E-state index contributed by atoms with van der Waals surface area (Å²) in [5, 5.41) is 12.6. The maximum atomic E-state index is 9.31. The molecule has 1 atom stereocenters. The molecule has 2 rings (SSSR count). The predicted molar refractivity (Wildman–Crippen MR) is 66.6 cm³/mol. The van der Waals surface area contributed by atoms with Gasteiger partial charge in [-0.25, -0.2) is 0 Å². The van der Waals surface area contributed by atoms with Gasteiger partial charge in [0.2, 0.25) is 0 Å². The predicted octanol–water partition coefficient (Wildman–Crippen LogP) is 2.41. The van der Waals surface area contributed by atoms with Crippen LogP contribution in [0.1, 0.15) is 22.9 Å². The van der Waals surface area contributed by atoms with Crippen LogP contribution in [0.15, 0.2) is 47.1 Å². The molecular weight excluding hydrogens is 214 g/mol. The molecule has 1 aromatic carbocycles. The van der Waals surface area contributed by atoms with Gasteiger partial charge < -0.3 is 14.8 Å². The van der Waals surface area contributed by atoms with E-state index in [1.807, 2.05) is 18.2 Å². The van der Waals surface area contributed by atoms with Crippen molar-refractivity contribution >= 4 is 0 Å². The number of aliphatic hydroxyl groups is 1. The lowest BCUT2D eigenvalue weighted by atomic mass is 10.1. The molecular formula is C14H17NO2. The minimum absolute atomic E-state index is 0.0271. The van der Waals surface area contributed by atoms with Crippen molar-refractivity contribution in [1.82, 2.24) is 5.32 Å². The Morgan fingerprint density at radius 3 is 2.82 bits per heavy atom. The van der Waals surface area contributed by atoms with Crippen LogP contribution < -0.4 is 5.32 Å². The standard InChI is InChI=1S/C14H17NO2/c1-11-4-2-5-12(8-11)9-15-13(10-16)14-6-3-7-17-14/h2-8,13,15-16H,9-10H2,1H3. The van der Waals surface area contributed by atoms with E-state index in [1.54, 1.807) is 6.26 Å². The molecule has 0 aliphatic carbocycles. The van der Waals surface area contributed by atoms with Gasteiger partial charge in [0.15, 0.2) is 0 Å². The molecule has 0 fully saturated rings. The summed E-state index contributed by atoms with van der Waals surface area (Å²) in [7, 11) is 0. The summed E-state index contributed by atoms with van der Waals surface area (Å²) in [6.07, 6.45) is 1.62. The molecule has 0 saturated heterocycles. The summed E-state index contributed by atoms with van der Waals surface area (Å²) in [5.41, 5.74) is 2.44. The number of furan rings is 1. The lowest BCUT2D eigenvalue weighted by molar-refractivity contribution is 0.225. The molecule has 0 amide bonds. The Morgan fingerprint density at radius 2 is 2.18 bits per heavy atom. The second-order valence-electron chi connectivity index (χ2n) is 4.12. The van der Waals surface area contributed by atoms with Crippen molar-refractivity contribution in [2.45, 2.75) is 19.5 Å². The van der Waals surface area contributed by atoms with Crippen molar-refractivity contribution in [3.8, 4) is 0 Å². The van der Waals surface area contributed by atoms with E-state index >= 15 is 0 Å². The molecule has 1 aromatic heterocycles. The van der Waals surface area contributed by atoms with Gasteiger partial charge in [0.1, 0.15) is 5.76 Å². The van der Waals surface area contributed by atoms with E-state index < -0.39 is 0 Å². The molecule has 1 heterocycles. The Hall–Kier alpha value is -1.58. The first-order valence-electron chi connectivity index (χ1n) is 5.73. The van der Waals surface area contributed by atoms with E-state index in [4.69, 9.17) is 4.42 Å². The summed E-state index contributed by atoms with van der Waals surface area (Å²) in [6, 6.07) is 11.8. The Labute approximate surface area is 101 Å². The number of aryl methyl sites for hydroxylation is 1. The van der Waals surface area contributed by atoms with Crippen LogP contribution in [0.5, 0.6) is 0 Å². The van der Waals surface area contributed by atoms with Crippen LogP contribution in [0.4, 0.5) is 0 Å². The highest BCUT2D eigenvalue weighted by Crippen LogP contribution is 2.13. The summed E-state index contributed by atoms with van der Waals surface area (Å²) in [5.74, 6) is 0.764. The van der Waals surface area contributed by atoms with Gasteiger partial charge in [-0.3, -0.25) is 0 Å². The number of rotatable bonds is 5. The fourth-order valence-corrected chi connectivity index (χ4v) is 1.81. The quantitative estimate of drug-likeness (QED) is 0.830. The van der Waals surface area contributed by atoms with Crippen LogP contribution >= 0.6 is 0 Å². The third-order valence-electron chi connectivity index (χ3n) is 2.70. The summed E-state index contributed by atoms with van der Waals surface area (Å²) >= 11 is 0. The van der Waals surface area contributed by atoms with Crippen LogP contribution in [0.25, 0.3) is 0 Å². The van der Waals surface area contributed by atoms with Gasteiger partial charge in [-0.15, -0.1) is 0 Å². The third kappa shape index (κ3) is 3.19. The number of hydrogen-bond donors (Lipinski definition) is 2. The van der Waals surface area contributed by atoms with Gasteiger partial charge in [-0.05, 0) is 24.6 Å². The van der Waals surface area contributed by atoms with Crippen LogP contribution in [-0.4, -0.2) is 11.7 Å². The molecule has 0 bridgehead atoms. The van der Waals surface area contributed by atoms with E-state index in [0.29, 0.717) is 6.54 Å². The summed E-state index contributed by atoms with van der Waals surface area (Å²) < 4.78 is 5.28. The van der Waals surface area contributed by atoms with E-state index in [-0.39, 0.29) is 12.6 Å². The second kappa shape index (κ2) is 5.66. The largest absolute Gasteiger partial charge is 0.468 e. The summed E-state index contributed by atoms with van der Waals surface area (Å²) in [6.45, 7) is 2.81. The van der Waals surface area contributed by atoms with Crippen LogP contribution in [-0.2, 0) is 6.54 Å². The van der Waals surface area contributed by atoms with E-state index in [2.05, 4.69) is 30.4 Å². The first kappa shape index (κ1) is 11.9. The minimum Gasteiger partial charge on any atom is -0.468 e. The van der Waals surface area contributed by atoms with Gasteiger partial charge in [0, 0.05) is 6.54 Å². The van der Waals surface area contributed by atoms with Gasteiger partial charge in [-0.2, -0.15) is 0 Å². The molecule has 1 unspecified atom stereocenters. The zero-order chi connectivity index (χ0) is 12.1. The lowest BCUT2D eigenvalue weighted by Crippen LogP contribution is -2.23. The van der Waals surface area contributed by atoms with Crippen molar-refractivity contribution in [2.24, 2.45) is 0 Å². The lowest BCUT2D eigenvalue weighted by Gasteiger charge is -2.14. The maximum absolute atomic E-state index is 9.31. The molecule has 90 valence electrons. The number of aliphatic hydroxyl groups excluding tert-OH is 1. The number of hydrogen-bond acceptors (Lipinski definition) is 3. The highest BCUT2D eigenvalue weighted by Gasteiger charge is 2.11. The number of benzene rings is 1. The third-order valence-corrected chi connectivity index (χ3v) is 2.70. The zero-order valence-electron chi connectivity index (χ0n) is 9.89. The fraction of sp³-hybridized carbons (Fsp3) is 0.286. The normalized spacial score (nSPS) is 12.6. The van der Waals surface area contributed by atoms with Crippen LogP contribution in [0.3, 0.4) is 0 Å². The van der Waals surface area contributed by atoms with Crippen molar-refractivity contribution in [3.63, 3.8) is 0 Å². The smallest absolute Gasteiger partial charge is 0.123 e. The molecule has 17 heavy (non-hydrogen) atoms. The van der Waals surface area contributed by atoms with Gasteiger partial charge >= 0.3 is 0 Å². The topological polar surface area (TPSA) is 45.4 Å².